The van der Waals surface area contributed by atoms with Crippen molar-refractivity contribution < 1.29 is 4.57 Å². The number of hydrogen-bond acceptors (Lipinski definition) is 6. The van der Waals surface area contributed by atoms with Gasteiger partial charge in [0, 0.05) is 36.3 Å². The first-order chi connectivity index (χ1) is 18.0. The average molecular weight is 523 g/mol. The van der Waals surface area contributed by atoms with Crippen LogP contribution in [0.1, 0.15) is 57.1 Å². The third-order valence-electron chi connectivity index (χ3n) is 5.79. The maximum absolute atomic E-state index is 7.58. The van der Waals surface area contributed by atoms with Crippen LogP contribution in [0.15, 0.2) is 45.4 Å². The van der Waals surface area contributed by atoms with Crippen LogP contribution in [0.3, 0.4) is 0 Å². The second-order valence-electron chi connectivity index (χ2n) is 8.91. The number of nitrogen functional groups attached to an aromatic ring is 1. The van der Waals surface area contributed by atoms with Gasteiger partial charge in [0.2, 0.25) is 17.7 Å². The molecule has 13 heteroatoms. The molecule has 0 saturated heterocycles. The summed E-state index contributed by atoms with van der Waals surface area (Å²) in [4.78, 5) is 19.0. The molecule has 0 atom stereocenters. The fraction of sp³-hybridized carbons (Fsp3) is 0.400. The van der Waals surface area contributed by atoms with Crippen LogP contribution in [-0.4, -0.2) is 47.4 Å². The summed E-state index contributed by atoms with van der Waals surface area (Å²) in [6, 6.07) is 7.72. The number of nitrogens with one attached hydrogen (secondary N) is 2. The highest BCUT2D eigenvalue weighted by Gasteiger charge is 2.19. The first-order valence-corrected chi connectivity index (χ1v) is 12.4. The molecule has 0 radical (unpaired) electrons. The number of aromatic nitrogens is 2. The van der Waals surface area contributed by atoms with Gasteiger partial charge in [0.25, 0.3) is 0 Å². The van der Waals surface area contributed by atoms with Crippen LogP contribution in [0.25, 0.3) is 0 Å². The molecule has 0 amide bonds. The van der Waals surface area contributed by atoms with E-state index in [1.807, 2.05) is 37.5 Å². The van der Waals surface area contributed by atoms with Crippen molar-refractivity contribution in [1.82, 2.24) is 4.98 Å². The molecule has 38 heavy (non-hydrogen) atoms. The van der Waals surface area contributed by atoms with E-state index in [4.69, 9.17) is 39.5 Å². The lowest BCUT2D eigenvalue weighted by atomic mass is 10.0. The lowest BCUT2D eigenvalue weighted by molar-refractivity contribution is -0.659. The van der Waals surface area contributed by atoms with Gasteiger partial charge in [0.1, 0.15) is 0 Å². The largest absolute Gasteiger partial charge is 0.391 e. The highest BCUT2D eigenvalue weighted by Crippen LogP contribution is 2.28. The molecule has 2 aromatic rings. The number of nitrogens with two attached hydrogens (primary N) is 5. The Morgan fingerprint density at radius 1 is 0.895 bits per heavy atom. The molecule has 0 bridgehead atoms. The molecule has 0 saturated carbocycles. The predicted octanol–water partition coefficient (Wildman–Crippen LogP) is 1.26. The average Bonchev–Trinajstić information content (AvgIpc) is 2.83. The van der Waals surface area contributed by atoms with Crippen molar-refractivity contribution >= 4 is 46.8 Å². The smallest absolute Gasteiger partial charge is 0.370 e. The molecule has 204 valence electrons. The summed E-state index contributed by atoms with van der Waals surface area (Å²) < 4.78 is 1.74. The van der Waals surface area contributed by atoms with E-state index < -0.39 is 0 Å². The minimum atomic E-state index is -0.287. The lowest BCUT2D eigenvalue weighted by Gasteiger charge is -2.24. The van der Waals surface area contributed by atoms with Crippen LogP contribution in [0.4, 0.5) is 17.5 Å². The molecule has 0 unspecified atom stereocenters. The van der Waals surface area contributed by atoms with Crippen LogP contribution in [0.2, 0.25) is 0 Å². The second kappa shape index (κ2) is 14.3. The number of benzene rings is 1. The predicted molar refractivity (Wildman–Crippen MR) is 155 cm³/mol. The first-order valence-electron chi connectivity index (χ1n) is 12.4. The highest BCUT2D eigenvalue weighted by molar-refractivity contribution is 6.10. The highest BCUT2D eigenvalue weighted by atomic mass is 15.2. The van der Waals surface area contributed by atoms with Gasteiger partial charge in [-0.1, -0.05) is 24.2 Å². The zero-order chi connectivity index (χ0) is 28.2. The van der Waals surface area contributed by atoms with Gasteiger partial charge in [-0.3, -0.25) is 21.5 Å². The topological polar surface area (TPSA) is 235 Å². The van der Waals surface area contributed by atoms with Crippen molar-refractivity contribution in [2.75, 3.05) is 23.7 Å². The molecule has 13 nitrogen and oxygen atoms in total. The summed E-state index contributed by atoms with van der Waals surface area (Å²) in [5, 5.41) is 15.2. The standard InChI is InChI=1S/C25H39N13/c1-16(34-23(28)29)18-13-19(17(2)35-24(30)31)15-20(14-18)38(21-9-12-37(3)25(32)36-21)11-8-6-4-5-7-10-33-22(26)27/h9,12-15,32H,4-8,10-11H2,1-3H3,(H10,26,27,28,29,30,31,33)/p+1/b34-16+,35-17+. The Balaban J connectivity index is 2.43. The van der Waals surface area contributed by atoms with E-state index in [1.165, 1.54) is 0 Å². The number of rotatable bonds is 12. The Hall–Kier alpha value is -4.55. The SMILES string of the molecule is C/C(=N\C(=N)N)c1cc(/C(C)=N/C(=N)N)cc(N(CCCCCCCN=C(N)N)c2cc[n+](C)c(N)n2)c1. The van der Waals surface area contributed by atoms with Crippen LogP contribution in [-0.2, 0) is 7.05 Å². The summed E-state index contributed by atoms with van der Waals surface area (Å²) in [5.41, 5.74) is 31.4. The van der Waals surface area contributed by atoms with Crippen LogP contribution < -0.4 is 38.1 Å². The maximum Gasteiger partial charge on any atom is 0.391 e. The van der Waals surface area contributed by atoms with Gasteiger partial charge in [-0.2, -0.15) is 0 Å². The van der Waals surface area contributed by atoms with Crippen molar-refractivity contribution in [3.8, 4) is 0 Å². The summed E-state index contributed by atoms with van der Waals surface area (Å²) in [6.07, 6.45) is 6.80. The quantitative estimate of drug-likeness (QED) is 0.0931. The number of aryl methyl sites for hydroxylation is 1. The maximum atomic E-state index is 7.58. The number of nitrogens with zero attached hydrogens (tertiary/aromatic N) is 6. The Kier molecular flexibility index (Phi) is 11.1. The van der Waals surface area contributed by atoms with Crippen LogP contribution in [0, 0.1) is 10.8 Å². The van der Waals surface area contributed by atoms with Crippen molar-refractivity contribution in [3.05, 3.63) is 41.6 Å². The van der Waals surface area contributed by atoms with Crippen molar-refractivity contribution in [3.63, 3.8) is 0 Å². The molecule has 1 heterocycles. The van der Waals surface area contributed by atoms with Gasteiger partial charge in [0.15, 0.2) is 5.96 Å². The molecule has 12 N–H and O–H groups in total. The molecule has 0 aliphatic rings. The monoisotopic (exact) mass is 522 g/mol. The van der Waals surface area contributed by atoms with E-state index in [-0.39, 0.29) is 17.9 Å². The molecule has 0 spiro atoms. The number of guanidine groups is 3. The van der Waals surface area contributed by atoms with Gasteiger partial charge in [0.05, 0.1) is 13.2 Å². The third kappa shape index (κ3) is 9.48. The normalized spacial score (nSPS) is 11.8. The third-order valence-corrected chi connectivity index (χ3v) is 5.79. The lowest BCUT2D eigenvalue weighted by Crippen LogP contribution is -2.34. The van der Waals surface area contributed by atoms with Crippen LogP contribution >= 0.6 is 0 Å². The number of anilines is 3. The fourth-order valence-corrected chi connectivity index (χ4v) is 3.81. The summed E-state index contributed by atoms with van der Waals surface area (Å²) in [5.74, 6) is 0.624. The Labute approximate surface area is 223 Å². The molecule has 0 aliphatic heterocycles. The van der Waals surface area contributed by atoms with Gasteiger partial charge in [-0.05, 0) is 56.0 Å². The van der Waals surface area contributed by atoms with E-state index >= 15 is 0 Å². The molecule has 1 aromatic heterocycles. The molecular formula is C25H40N13+. The molecule has 2 rings (SSSR count). The van der Waals surface area contributed by atoms with E-state index in [2.05, 4.69) is 24.9 Å². The number of unbranched alkanes of at least 4 members (excludes halogenated alkanes) is 4. The van der Waals surface area contributed by atoms with Crippen LogP contribution in [0.5, 0.6) is 0 Å². The van der Waals surface area contributed by atoms with E-state index in [0.29, 0.717) is 36.3 Å². The summed E-state index contributed by atoms with van der Waals surface area (Å²) in [6.45, 7) is 4.89. The van der Waals surface area contributed by atoms with Crippen molar-refractivity contribution in [2.24, 2.45) is 45.0 Å². The van der Waals surface area contributed by atoms with Crippen molar-refractivity contribution in [2.45, 2.75) is 46.0 Å². The molecule has 0 fully saturated rings. The van der Waals surface area contributed by atoms with Gasteiger partial charge < -0.3 is 27.8 Å². The zero-order valence-corrected chi connectivity index (χ0v) is 22.4. The van der Waals surface area contributed by atoms with E-state index in [0.717, 1.165) is 48.9 Å². The van der Waals surface area contributed by atoms with Gasteiger partial charge in [-0.15, -0.1) is 0 Å². The van der Waals surface area contributed by atoms with E-state index in [9.17, 15) is 0 Å². The Morgan fingerprint density at radius 3 is 1.97 bits per heavy atom. The fourth-order valence-electron chi connectivity index (χ4n) is 3.81. The first kappa shape index (κ1) is 29.7. The number of aliphatic imine (C=N–C) groups is 3. The summed E-state index contributed by atoms with van der Waals surface area (Å²) in [7, 11) is 1.83. The molecular weight excluding hydrogens is 482 g/mol. The Bertz CT molecular complexity index is 1180. The summed E-state index contributed by atoms with van der Waals surface area (Å²) >= 11 is 0. The van der Waals surface area contributed by atoms with Gasteiger partial charge in [-0.25, -0.2) is 14.6 Å². The molecule has 0 aliphatic carbocycles. The number of hydrogen-bond donors (Lipinski definition) is 7. The van der Waals surface area contributed by atoms with E-state index in [1.54, 1.807) is 18.4 Å². The second-order valence-corrected chi connectivity index (χ2v) is 8.91. The van der Waals surface area contributed by atoms with Crippen molar-refractivity contribution in [1.29, 1.82) is 10.8 Å². The Morgan fingerprint density at radius 2 is 1.45 bits per heavy atom. The minimum absolute atomic E-state index is 0.123. The molecule has 1 aromatic carbocycles. The van der Waals surface area contributed by atoms with Gasteiger partial charge >= 0.3 is 5.95 Å². The zero-order valence-electron chi connectivity index (χ0n) is 22.4. The minimum Gasteiger partial charge on any atom is -0.370 e.